The molecule has 4 nitrogen and oxygen atoms in total. The van der Waals surface area contributed by atoms with Gasteiger partial charge in [-0.1, -0.05) is 11.6 Å². The number of halogens is 1. The number of hydrogen-bond acceptors (Lipinski definition) is 4. The van der Waals surface area contributed by atoms with Gasteiger partial charge in [0, 0.05) is 5.02 Å². The maximum Gasteiger partial charge on any atom is 0.142 e. The van der Waals surface area contributed by atoms with Crippen LogP contribution in [0.2, 0.25) is 5.02 Å². The highest BCUT2D eigenvalue weighted by molar-refractivity contribution is 6.32. The van der Waals surface area contributed by atoms with E-state index in [1.807, 2.05) is 19.9 Å². The van der Waals surface area contributed by atoms with Gasteiger partial charge in [-0.25, -0.2) is 5.43 Å². The van der Waals surface area contributed by atoms with Crippen LogP contribution >= 0.6 is 11.6 Å². The summed E-state index contributed by atoms with van der Waals surface area (Å²) in [5.74, 6) is 5.97. The van der Waals surface area contributed by atoms with Crippen molar-refractivity contribution in [1.82, 2.24) is 5.43 Å². The second kappa shape index (κ2) is 5.21. The minimum Gasteiger partial charge on any atom is -0.495 e. The van der Waals surface area contributed by atoms with E-state index in [1.54, 1.807) is 7.11 Å². The van der Waals surface area contributed by atoms with E-state index < -0.39 is 0 Å². The van der Waals surface area contributed by atoms with Crippen molar-refractivity contribution in [1.29, 1.82) is 0 Å². The molecule has 0 aromatic heterocycles. The summed E-state index contributed by atoms with van der Waals surface area (Å²) in [5.41, 5.74) is 5.35. The number of aryl methyl sites for hydroxylation is 1. The van der Waals surface area contributed by atoms with Gasteiger partial charge in [0.25, 0.3) is 0 Å². The van der Waals surface area contributed by atoms with E-state index in [-0.39, 0.29) is 0 Å². The van der Waals surface area contributed by atoms with Gasteiger partial charge in [0.15, 0.2) is 0 Å². The molecule has 0 bridgehead atoms. The maximum absolute atomic E-state index is 6.14. The molecule has 0 radical (unpaired) electrons. The topological polar surface area (TPSA) is 59.3 Å². The van der Waals surface area contributed by atoms with Crippen LogP contribution in [0.25, 0.3) is 0 Å². The number of hydrogen-bond donors (Lipinski definition) is 3. The summed E-state index contributed by atoms with van der Waals surface area (Å²) in [6.07, 6.45) is 0. The first-order chi connectivity index (χ1) is 7.11. The summed E-state index contributed by atoms with van der Waals surface area (Å²) in [5, 5.41) is 3.85. The molecule has 0 saturated heterocycles. The van der Waals surface area contributed by atoms with Crippen molar-refractivity contribution in [3.05, 3.63) is 22.2 Å². The molecule has 1 aromatic rings. The Hall–Kier alpha value is -0.970. The summed E-state index contributed by atoms with van der Waals surface area (Å²) >= 11 is 6.14. The molecule has 0 atom stereocenters. The number of nitrogens with two attached hydrogens (primary N) is 1. The molecule has 4 N–H and O–H groups in total. The molecule has 0 spiro atoms. The molecule has 1 rings (SSSR count). The van der Waals surface area contributed by atoms with Gasteiger partial charge < -0.3 is 10.1 Å². The molecule has 0 fully saturated rings. The number of benzene rings is 1. The van der Waals surface area contributed by atoms with Crippen molar-refractivity contribution in [2.75, 3.05) is 19.1 Å². The van der Waals surface area contributed by atoms with Crippen molar-refractivity contribution in [3.8, 4) is 5.75 Å². The third-order valence-electron chi connectivity index (χ3n) is 2.23. The molecular weight excluding hydrogens is 214 g/mol. The Bertz CT molecular complexity index is 355. The first kappa shape index (κ1) is 12.1. The monoisotopic (exact) mass is 229 g/mol. The fourth-order valence-electron chi connectivity index (χ4n) is 1.44. The normalized spacial score (nSPS) is 10.2. The zero-order chi connectivity index (χ0) is 11.4. The zero-order valence-corrected chi connectivity index (χ0v) is 9.90. The van der Waals surface area contributed by atoms with Crippen LogP contribution in [-0.2, 0) is 0 Å². The predicted molar refractivity (Wildman–Crippen MR) is 63.3 cm³/mol. The smallest absolute Gasteiger partial charge is 0.142 e. The van der Waals surface area contributed by atoms with Crippen LogP contribution in [0.1, 0.15) is 11.1 Å². The molecule has 0 amide bonds. The Morgan fingerprint density at radius 2 is 2.13 bits per heavy atom. The van der Waals surface area contributed by atoms with Crippen molar-refractivity contribution in [2.45, 2.75) is 13.8 Å². The van der Waals surface area contributed by atoms with Crippen LogP contribution in [0.15, 0.2) is 6.07 Å². The Morgan fingerprint density at radius 3 is 2.67 bits per heavy atom. The Balaban J connectivity index is 3.15. The SMILES string of the molecule is COc1cc(C)c(Cl)c(C)c1NCNN. The molecule has 0 unspecified atom stereocenters. The standard InChI is InChI=1S/C10H16ClN3O/c1-6-4-8(15-3)10(13-5-14-12)7(2)9(6)11/h4,13-14H,5,12H2,1-3H3. The largest absolute Gasteiger partial charge is 0.495 e. The maximum atomic E-state index is 6.14. The highest BCUT2D eigenvalue weighted by Gasteiger charge is 2.11. The second-order valence-corrected chi connectivity index (χ2v) is 3.65. The van der Waals surface area contributed by atoms with E-state index in [0.717, 1.165) is 27.6 Å². The highest BCUT2D eigenvalue weighted by Crippen LogP contribution is 2.35. The third-order valence-corrected chi connectivity index (χ3v) is 2.81. The predicted octanol–water partition coefficient (Wildman–Crippen LogP) is 1.80. The Morgan fingerprint density at radius 1 is 1.47 bits per heavy atom. The summed E-state index contributed by atoms with van der Waals surface area (Å²) in [4.78, 5) is 0. The molecular formula is C10H16ClN3O. The van der Waals surface area contributed by atoms with Gasteiger partial charge in [-0.3, -0.25) is 5.84 Å². The van der Waals surface area contributed by atoms with E-state index in [0.29, 0.717) is 6.67 Å². The van der Waals surface area contributed by atoms with Crippen molar-refractivity contribution < 1.29 is 4.74 Å². The number of methoxy groups -OCH3 is 1. The first-order valence-corrected chi connectivity index (χ1v) is 5.00. The van der Waals surface area contributed by atoms with Crippen LogP contribution in [0.4, 0.5) is 5.69 Å². The number of ether oxygens (including phenoxy) is 1. The zero-order valence-electron chi connectivity index (χ0n) is 9.15. The molecule has 1 aromatic carbocycles. The van der Waals surface area contributed by atoms with Crippen molar-refractivity contribution >= 4 is 17.3 Å². The summed E-state index contributed by atoms with van der Waals surface area (Å²) in [7, 11) is 1.63. The lowest BCUT2D eigenvalue weighted by Crippen LogP contribution is -2.28. The molecule has 15 heavy (non-hydrogen) atoms. The van der Waals surface area contributed by atoms with E-state index in [9.17, 15) is 0 Å². The van der Waals surface area contributed by atoms with E-state index in [2.05, 4.69) is 10.7 Å². The molecule has 5 heteroatoms. The molecule has 0 heterocycles. The number of hydrazine groups is 1. The van der Waals surface area contributed by atoms with Gasteiger partial charge in [-0.05, 0) is 31.0 Å². The van der Waals surface area contributed by atoms with Gasteiger partial charge in [0.05, 0.1) is 19.5 Å². The minimum atomic E-state index is 0.455. The van der Waals surface area contributed by atoms with Gasteiger partial charge >= 0.3 is 0 Å². The van der Waals surface area contributed by atoms with E-state index in [1.165, 1.54) is 0 Å². The molecule has 0 aliphatic rings. The minimum absolute atomic E-state index is 0.455. The lowest BCUT2D eigenvalue weighted by molar-refractivity contribution is 0.415. The number of nitrogens with one attached hydrogen (secondary N) is 2. The van der Waals surface area contributed by atoms with Gasteiger partial charge in [-0.15, -0.1) is 0 Å². The lowest BCUT2D eigenvalue weighted by atomic mass is 10.1. The fourth-order valence-corrected chi connectivity index (χ4v) is 1.59. The number of anilines is 1. The van der Waals surface area contributed by atoms with Crippen LogP contribution in [-0.4, -0.2) is 13.8 Å². The quantitative estimate of drug-likeness (QED) is 0.419. The van der Waals surface area contributed by atoms with Gasteiger partial charge in [-0.2, -0.15) is 0 Å². The van der Waals surface area contributed by atoms with E-state index in [4.69, 9.17) is 22.2 Å². The average Bonchev–Trinajstić information content (AvgIpc) is 2.24. The highest BCUT2D eigenvalue weighted by atomic mass is 35.5. The van der Waals surface area contributed by atoms with Crippen molar-refractivity contribution in [2.24, 2.45) is 5.84 Å². The fraction of sp³-hybridized carbons (Fsp3) is 0.400. The second-order valence-electron chi connectivity index (χ2n) is 3.27. The van der Waals surface area contributed by atoms with Crippen LogP contribution in [0, 0.1) is 13.8 Å². The molecule has 0 aliphatic heterocycles. The van der Waals surface area contributed by atoms with E-state index >= 15 is 0 Å². The summed E-state index contributed by atoms with van der Waals surface area (Å²) in [6, 6.07) is 1.90. The van der Waals surface area contributed by atoms with Crippen LogP contribution < -0.4 is 21.3 Å². The third kappa shape index (κ3) is 2.53. The van der Waals surface area contributed by atoms with Gasteiger partial charge in [0.2, 0.25) is 0 Å². The first-order valence-electron chi connectivity index (χ1n) is 4.62. The molecule has 84 valence electrons. The molecule has 0 aliphatic carbocycles. The Labute approximate surface area is 94.7 Å². The van der Waals surface area contributed by atoms with Gasteiger partial charge in [0.1, 0.15) is 5.75 Å². The summed E-state index contributed by atoms with van der Waals surface area (Å²) < 4.78 is 5.27. The van der Waals surface area contributed by atoms with Crippen LogP contribution in [0.5, 0.6) is 5.75 Å². The average molecular weight is 230 g/mol. The lowest BCUT2D eigenvalue weighted by Gasteiger charge is -2.16. The van der Waals surface area contributed by atoms with Crippen LogP contribution in [0.3, 0.4) is 0 Å². The Kier molecular flexibility index (Phi) is 4.20. The van der Waals surface area contributed by atoms with Crippen molar-refractivity contribution in [3.63, 3.8) is 0 Å². The summed E-state index contributed by atoms with van der Waals surface area (Å²) in [6.45, 7) is 4.34. The number of rotatable bonds is 4. The molecule has 0 saturated carbocycles.